The van der Waals surface area contributed by atoms with Gasteiger partial charge in [-0.2, -0.15) is 0 Å². The van der Waals surface area contributed by atoms with Crippen LogP contribution in [0.1, 0.15) is 12.7 Å². The van der Waals surface area contributed by atoms with Crippen LogP contribution in [0.4, 0.5) is 0 Å². The Morgan fingerprint density at radius 2 is 1.95 bits per heavy atom. The highest BCUT2D eigenvalue weighted by Crippen LogP contribution is 2.29. The predicted octanol–water partition coefficient (Wildman–Crippen LogP) is 2.08. The fourth-order valence-electron chi connectivity index (χ4n) is 1.92. The number of rotatable bonds is 3. The number of carbonyl (C=O) groups excluding carboxylic acids is 1. The number of carbonyl (C=O) groups is 1. The quantitative estimate of drug-likeness (QED) is 0.647. The molecule has 0 bridgehead atoms. The first-order valence-electron chi connectivity index (χ1n) is 6.29. The van der Waals surface area contributed by atoms with Crippen LogP contribution in [0, 0.1) is 6.92 Å². The third kappa shape index (κ3) is 3.63. The summed E-state index contributed by atoms with van der Waals surface area (Å²) < 4.78 is -0.714. The highest BCUT2D eigenvalue weighted by atomic mass is 35.6. The van der Waals surface area contributed by atoms with Crippen LogP contribution in [0.5, 0.6) is 0 Å². The molecule has 0 unspecified atom stereocenters. The van der Waals surface area contributed by atoms with E-state index in [4.69, 9.17) is 34.8 Å². The van der Waals surface area contributed by atoms with E-state index in [0.29, 0.717) is 16.7 Å². The number of amides is 1. The monoisotopic (exact) mass is 362 g/mol. The molecule has 9 heteroatoms. The maximum Gasteiger partial charge on any atom is 0.280 e. The molecule has 0 saturated heterocycles. The molecule has 0 fully saturated rings. The summed E-state index contributed by atoms with van der Waals surface area (Å²) >= 11 is 17.5. The summed E-state index contributed by atoms with van der Waals surface area (Å²) in [5.41, 5.74) is 2.90. The lowest BCUT2D eigenvalue weighted by Crippen LogP contribution is -2.53. The topological polar surface area (TPSA) is 76.0 Å². The molecule has 0 aliphatic rings. The van der Waals surface area contributed by atoms with Gasteiger partial charge in [-0.25, -0.2) is 9.66 Å². The standard InChI is InChI=1S/C13H13Cl3N4O2/c1-7-17-10-6-4-3-5-9(10)11(22)20(7)19-12(13(14,15)16)18-8(2)21/h3-6,12,19H,1-2H3,(H,18,21)/t12-/m0/s1. The van der Waals surface area contributed by atoms with Gasteiger partial charge in [0, 0.05) is 6.92 Å². The summed E-state index contributed by atoms with van der Waals surface area (Å²) in [4.78, 5) is 28.1. The predicted molar refractivity (Wildman–Crippen MR) is 88.0 cm³/mol. The molecule has 0 radical (unpaired) electrons. The van der Waals surface area contributed by atoms with Gasteiger partial charge in [0.15, 0.2) is 6.17 Å². The number of fused-ring (bicyclic) bond motifs is 1. The molecule has 1 heterocycles. The van der Waals surface area contributed by atoms with Crippen molar-refractivity contribution in [3.8, 4) is 0 Å². The molecule has 6 nitrogen and oxygen atoms in total. The van der Waals surface area contributed by atoms with Gasteiger partial charge in [0.25, 0.3) is 5.56 Å². The average Bonchev–Trinajstić information content (AvgIpc) is 2.40. The first-order valence-corrected chi connectivity index (χ1v) is 7.42. The fourth-order valence-corrected chi connectivity index (χ4v) is 2.23. The molecule has 0 spiro atoms. The van der Waals surface area contributed by atoms with Gasteiger partial charge in [-0.15, -0.1) is 0 Å². The van der Waals surface area contributed by atoms with E-state index in [1.165, 1.54) is 6.92 Å². The number of nitrogens with zero attached hydrogens (tertiary/aromatic N) is 2. The summed E-state index contributed by atoms with van der Waals surface area (Å²) in [6.45, 7) is 2.91. The van der Waals surface area contributed by atoms with Crippen molar-refractivity contribution in [2.24, 2.45) is 0 Å². The van der Waals surface area contributed by atoms with Gasteiger partial charge in [0.2, 0.25) is 9.70 Å². The van der Waals surface area contributed by atoms with Gasteiger partial charge < -0.3 is 5.32 Å². The van der Waals surface area contributed by atoms with Crippen LogP contribution in [0.2, 0.25) is 0 Å². The zero-order valence-corrected chi connectivity index (χ0v) is 14.0. The van der Waals surface area contributed by atoms with E-state index in [-0.39, 0.29) is 5.56 Å². The van der Waals surface area contributed by atoms with Crippen molar-refractivity contribution in [2.75, 3.05) is 5.43 Å². The first-order chi connectivity index (χ1) is 10.2. The van der Waals surface area contributed by atoms with Crippen LogP contribution in [0.3, 0.4) is 0 Å². The zero-order chi connectivity index (χ0) is 16.5. The lowest BCUT2D eigenvalue weighted by Gasteiger charge is -2.28. The molecule has 1 aromatic carbocycles. The van der Waals surface area contributed by atoms with E-state index in [1.54, 1.807) is 31.2 Å². The molecule has 22 heavy (non-hydrogen) atoms. The largest absolute Gasteiger partial charge is 0.331 e. The summed E-state index contributed by atoms with van der Waals surface area (Å²) in [5.74, 6) is -0.0448. The molecular formula is C13H13Cl3N4O2. The fraction of sp³-hybridized carbons (Fsp3) is 0.308. The summed E-state index contributed by atoms with van der Waals surface area (Å²) in [5, 5.41) is 2.85. The summed E-state index contributed by atoms with van der Waals surface area (Å²) in [6, 6.07) is 6.89. The number of alkyl halides is 3. The minimum Gasteiger partial charge on any atom is -0.331 e. The van der Waals surface area contributed by atoms with E-state index < -0.39 is 15.9 Å². The van der Waals surface area contributed by atoms with E-state index in [9.17, 15) is 9.59 Å². The van der Waals surface area contributed by atoms with Gasteiger partial charge in [-0.3, -0.25) is 15.0 Å². The lowest BCUT2D eigenvalue weighted by atomic mass is 10.2. The van der Waals surface area contributed by atoms with E-state index in [2.05, 4.69) is 15.7 Å². The van der Waals surface area contributed by atoms with E-state index >= 15 is 0 Å². The van der Waals surface area contributed by atoms with Crippen molar-refractivity contribution in [3.05, 3.63) is 40.4 Å². The molecule has 1 aromatic heterocycles. The van der Waals surface area contributed by atoms with Crippen molar-refractivity contribution < 1.29 is 4.79 Å². The van der Waals surface area contributed by atoms with Gasteiger partial charge in [-0.1, -0.05) is 46.9 Å². The average molecular weight is 364 g/mol. The molecule has 2 N–H and O–H groups in total. The number of hydrogen-bond acceptors (Lipinski definition) is 4. The molecule has 0 saturated carbocycles. The summed E-state index contributed by atoms with van der Waals surface area (Å²) in [7, 11) is 0. The minimum absolute atomic E-state index is 0.354. The minimum atomic E-state index is -1.86. The van der Waals surface area contributed by atoms with Crippen LogP contribution in [0.25, 0.3) is 10.9 Å². The molecule has 1 amide bonds. The smallest absolute Gasteiger partial charge is 0.280 e. The molecule has 118 valence electrons. The van der Waals surface area contributed by atoms with Crippen molar-refractivity contribution >= 4 is 51.6 Å². The highest BCUT2D eigenvalue weighted by Gasteiger charge is 2.34. The Balaban J connectivity index is 2.49. The SMILES string of the molecule is CC(=O)N[C@@H](Nn1c(C)nc2ccccc2c1=O)C(Cl)(Cl)Cl. The van der Waals surface area contributed by atoms with E-state index in [0.717, 1.165) is 4.68 Å². The Bertz CT molecular complexity index is 770. The molecule has 0 aliphatic heterocycles. The van der Waals surface area contributed by atoms with Crippen molar-refractivity contribution in [1.82, 2.24) is 15.0 Å². The number of halogens is 3. The molecular weight excluding hydrogens is 351 g/mol. The lowest BCUT2D eigenvalue weighted by molar-refractivity contribution is -0.119. The highest BCUT2D eigenvalue weighted by molar-refractivity contribution is 6.68. The van der Waals surface area contributed by atoms with Crippen molar-refractivity contribution in [3.63, 3.8) is 0 Å². The number of aryl methyl sites for hydroxylation is 1. The second-order valence-corrected chi connectivity index (χ2v) is 6.99. The van der Waals surface area contributed by atoms with Crippen LogP contribution in [0.15, 0.2) is 29.1 Å². The maximum atomic E-state index is 12.5. The molecule has 1 atom stereocenters. The van der Waals surface area contributed by atoms with Gasteiger partial charge in [-0.05, 0) is 19.1 Å². The molecule has 2 rings (SSSR count). The van der Waals surface area contributed by atoms with Crippen LogP contribution in [-0.2, 0) is 4.79 Å². The zero-order valence-electron chi connectivity index (χ0n) is 11.7. The molecule has 0 aliphatic carbocycles. The number of hydrogen-bond donors (Lipinski definition) is 2. The van der Waals surface area contributed by atoms with Crippen molar-refractivity contribution in [1.29, 1.82) is 0 Å². The van der Waals surface area contributed by atoms with Crippen LogP contribution < -0.4 is 16.3 Å². The third-order valence-corrected chi connectivity index (χ3v) is 3.53. The number of nitrogens with one attached hydrogen (secondary N) is 2. The number of benzene rings is 1. The van der Waals surface area contributed by atoms with E-state index in [1.807, 2.05) is 0 Å². The maximum absolute atomic E-state index is 12.5. The Morgan fingerprint density at radius 1 is 1.32 bits per heavy atom. The number of aromatic nitrogens is 2. The van der Waals surface area contributed by atoms with Gasteiger partial charge in [0.05, 0.1) is 10.9 Å². The van der Waals surface area contributed by atoms with Gasteiger partial charge in [0.1, 0.15) is 5.82 Å². The Labute approximate surface area is 141 Å². The second kappa shape index (κ2) is 6.32. The second-order valence-electron chi connectivity index (χ2n) is 4.62. The Morgan fingerprint density at radius 3 is 2.55 bits per heavy atom. The Hall–Kier alpha value is -1.50. The third-order valence-electron chi connectivity index (χ3n) is 2.88. The van der Waals surface area contributed by atoms with Crippen molar-refractivity contribution in [2.45, 2.75) is 23.8 Å². The van der Waals surface area contributed by atoms with Crippen LogP contribution in [-0.4, -0.2) is 25.5 Å². The molecule has 2 aromatic rings. The van der Waals surface area contributed by atoms with Gasteiger partial charge >= 0.3 is 0 Å². The summed E-state index contributed by atoms with van der Waals surface area (Å²) in [6.07, 6.45) is -1.10. The normalized spacial score (nSPS) is 13.0. The van der Waals surface area contributed by atoms with Crippen LogP contribution >= 0.6 is 34.8 Å². The first kappa shape index (κ1) is 16.9. The number of para-hydroxylation sites is 1. The Kier molecular flexibility index (Phi) is 4.84.